The molecule has 0 aromatic heterocycles. The van der Waals surface area contributed by atoms with Gasteiger partial charge in [-0.1, -0.05) is 57.4 Å². The Kier molecular flexibility index (Phi) is 5.87. The van der Waals surface area contributed by atoms with Crippen LogP contribution in [0.4, 0.5) is 0 Å². The molecule has 3 saturated carbocycles. The summed E-state index contributed by atoms with van der Waals surface area (Å²) < 4.78 is 0. The predicted molar refractivity (Wildman–Crippen MR) is 128 cm³/mol. The summed E-state index contributed by atoms with van der Waals surface area (Å²) in [5.74, 6) is 3.16. The van der Waals surface area contributed by atoms with E-state index in [9.17, 15) is 5.11 Å². The Hall–Kier alpha value is -0.560. The molecular weight excluding hydrogens is 364 g/mol. The second kappa shape index (κ2) is 7.79. The Morgan fingerprint density at radius 2 is 1.77 bits per heavy atom. The first-order valence-corrected chi connectivity index (χ1v) is 13.1. The van der Waals surface area contributed by atoms with Gasteiger partial charge in [-0.2, -0.15) is 0 Å². The van der Waals surface area contributed by atoms with Gasteiger partial charge in [-0.15, -0.1) is 0 Å². The highest BCUT2D eigenvalue weighted by molar-refractivity contribution is 5.35. The molecule has 0 aromatic carbocycles. The van der Waals surface area contributed by atoms with E-state index >= 15 is 0 Å². The van der Waals surface area contributed by atoms with Crippen molar-refractivity contribution in [3.05, 3.63) is 22.8 Å². The zero-order chi connectivity index (χ0) is 21.9. The molecule has 170 valence electrons. The number of hydrogen-bond donors (Lipinski definition) is 1. The van der Waals surface area contributed by atoms with E-state index in [2.05, 4.69) is 54.5 Å². The molecule has 4 aliphatic carbocycles. The molecular formula is C29H48O. The minimum Gasteiger partial charge on any atom is -0.393 e. The van der Waals surface area contributed by atoms with Gasteiger partial charge in [0.2, 0.25) is 0 Å². The summed E-state index contributed by atoms with van der Waals surface area (Å²) in [6, 6.07) is 0. The minimum atomic E-state index is -0.115. The first kappa shape index (κ1) is 22.6. The van der Waals surface area contributed by atoms with Gasteiger partial charge >= 0.3 is 0 Å². The van der Waals surface area contributed by atoms with Gasteiger partial charge in [0, 0.05) is 0 Å². The van der Waals surface area contributed by atoms with Gasteiger partial charge in [-0.05, 0) is 118 Å². The largest absolute Gasteiger partial charge is 0.393 e. The fourth-order valence-electron chi connectivity index (χ4n) is 9.12. The van der Waals surface area contributed by atoms with Crippen LogP contribution in [0, 0.1) is 39.9 Å². The third-order valence-electron chi connectivity index (χ3n) is 10.8. The molecule has 4 aliphatic rings. The molecule has 0 radical (unpaired) electrons. The first-order chi connectivity index (χ1) is 14.0. The van der Waals surface area contributed by atoms with Crippen LogP contribution in [0.25, 0.3) is 0 Å². The molecule has 1 nitrogen and oxygen atoms in total. The zero-order valence-corrected chi connectivity index (χ0v) is 21.0. The van der Waals surface area contributed by atoms with Crippen molar-refractivity contribution >= 4 is 0 Å². The van der Waals surface area contributed by atoms with Crippen LogP contribution in [0.5, 0.6) is 0 Å². The van der Waals surface area contributed by atoms with Crippen molar-refractivity contribution in [1.29, 1.82) is 0 Å². The topological polar surface area (TPSA) is 20.2 Å². The number of allylic oxidation sites excluding steroid dienone is 4. The molecule has 0 aromatic rings. The molecule has 1 heteroatoms. The molecule has 0 spiro atoms. The SMILES string of the molecule is CC(C)=CCCC(C)C1CCC2=C3CCC4C(C)(C)C(O)CCC4(C)C3CCC21C. The lowest BCUT2D eigenvalue weighted by Gasteiger charge is -2.61. The number of rotatable bonds is 4. The van der Waals surface area contributed by atoms with Gasteiger partial charge in [0.25, 0.3) is 0 Å². The summed E-state index contributed by atoms with van der Waals surface area (Å²) in [5.41, 5.74) is 6.20. The van der Waals surface area contributed by atoms with Crippen LogP contribution in [0.3, 0.4) is 0 Å². The summed E-state index contributed by atoms with van der Waals surface area (Å²) in [4.78, 5) is 0. The van der Waals surface area contributed by atoms with Crippen molar-refractivity contribution in [2.45, 2.75) is 119 Å². The van der Waals surface area contributed by atoms with Crippen LogP contribution in [0.15, 0.2) is 22.8 Å². The van der Waals surface area contributed by atoms with Gasteiger partial charge in [-0.3, -0.25) is 0 Å². The molecule has 0 heterocycles. The average Bonchev–Trinajstić information content (AvgIpc) is 3.02. The van der Waals surface area contributed by atoms with Crippen molar-refractivity contribution < 1.29 is 5.11 Å². The predicted octanol–water partition coefficient (Wildman–Crippen LogP) is 8.09. The van der Waals surface area contributed by atoms with E-state index in [0.29, 0.717) is 16.7 Å². The fourth-order valence-corrected chi connectivity index (χ4v) is 9.12. The third kappa shape index (κ3) is 3.37. The number of aliphatic hydroxyl groups excluding tert-OH is 1. The second-order valence-corrected chi connectivity index (χ2v) is 13.0. The first-order valence-electron chi connectivity index (χ1n) is 13.1. The van der Waals surface area contributed by atoms with E-state index in [1.54, 1.807) is 0 Å². The Morgan fingerprint density at radius 1 is 1.03 bits per heavy atom. The Morgan fingerprint density at radius 3 is 2.47 bits per heavy atom. The lowest BCUT2D eigenvalue weighted by atomic mass is 9.44. The van der Waals surface area contributed by atoms with E-state index in [4.69, 9.17) is 0 Å². The lowest BCUT2D eigenvalue weighted by Crippen LogP contribution is -2.55. The third-order valence-corrected chi connectivity index (χ3v) is 10.8. The quantitative estimate of drug-likeness (QED) is 0.462. The van der Waals surface area contributed by atoms with E-state index in [1.807, 2.05) is 11.1 Å². The van der Waals surface area contributed by atoms with Crippen molar-refractivity contribution in [2.24, 2.45) is 39.9 Å². The van der Waals surface area contributed by atoms with Gasteiger partial charge in [0.15, 0.2) is 0 Å². The summed E-state index contributed by atoms with van der Waals surface area (Å²) in [6.45, 7) is 16.9. The van der Waals surface area contributed by atoms with Gasteiger partial charge in [-0.25, -0.2) is 0 Å². The highest BCUT2D eigenvalue weighted by atomic mass is 16.3. The van der Waals surface area contributed by atoms with Gasteiger partial charge < -0.3 is 5.11 Å². The minimum absolute atomic E-state index is 0.0710. The maximum atomic E-state index is 10.8. The average molecular weight is 413 g/mol. The monoisotopic (exact) mass is 412 g/mol. The zero-order valence-electron chi connectivity index (χ0n) is 21.0. The van der Waals surface area contributed by atoms with E-state index in [1.165, 1.54) is 63.4 Å². The molecule has 7 unspecified atom stereocenters. The summed E-state index contributed by atoms with van der Waals surface area (Å²) in [7, 11) is 0. The molecule has 3 fully saturated rings. The van der Waals surface area contributed by atoms with Crippen LogP contribution < -0.4 is 0 Å². The maximum absolute atomic E-state index is 10.8. The standard InChI is InChI=1S/C29H48O/c1-19(2)9-8-10-20(3)22-12-13-23-21-11-14-25-27(4,5)26(30)16-18-29(25,7)24(21)15-17-28(22,23)6/h9,20,22,24-26,30H,8,10-18H2,1-7H3. The number of fused-ring (bicyclic) bond motifs is 4. The van der Waals surface area contributed by atoms with Crippen LogP contribution in [-0.2, 0) is 0 Å². The molecule has 1 N–H and O–H groups in total. The van der Waals surface area contributed by atoms with Gasteiger partial charge in [0.05, 0.1) is 6.10 Å². The highest BCUT2D eigenvalue weighted by Gasteiger charge is 2.59. The van der Waals surface area contributed by atoms with E-state index in [0.717, 1.165) is 24.2 Å². The number of hydrogen-bond acceptors (Lipinski definition) is 1. The van der Waals surface area contributed by atoms with Crippen molar-refractivity contribution in [3.8, 4) is 0 Å². The smallest absolute Gasteiger partial charge is 0.0594 e. The normalized spacial score (nSPS) is 43.5. The summed E-state index contributed by atoms with van der Waals surface area (Å²) >= 11 is 0. The molecule has 0 saturated heterocycles. The fraction of sp³-hybridized carbons (Fsp3) is 0.862. The van der Waals surface area contributed by atoms with E-state index in [-0.39, 0.29) is 11.5 Å². The molecule has 4 rings (SSSR count). The lowest BCUT2D eigenvalue weighted by molar-refractivity contribution is -0.128. The van der Waals surface area contributed by atoms with Crippen molar-refractivity contribution in [3.63, 3.8) is 0 Å². The number of aliphatic hydroxyl groups is 1. The maximum Gasteiger partial charge on any atom is 0.0594 e. The Balaban J connectivity index is 1.60. The van der Waals surface area contributed by atoms with Crippen LogP contribution >= 0.6 is 0 Å². The van der Waals surface area contributed by atoms with Crippen molar-refractivity contribution in [2.75, 3.05) is 0 Å². The highest BCUT2D eigenvalue weighted by Crippen LogP contribution is 2.68. The molecule has 0 bridgehead atoms. The van der Waals surface area contributed by atoms with Crippen LogP contribution in [0.1, 0.15) is 113 Å². The Labute approximate surface area is 186 Å². The molecule has 30 heavy (non-hydrogen) atoms. The van der Waals surface area contributed by atoms with Crippen LogP contribution in [0.2, 0.25) is 0 Å². The molecule has 0 aliphatic heterocycles. The van der Waals surface area contributed by atoms with Gasteiger partial charge in [0.1, 0.15) is 0 Å². The summed E-state index contributed by atoms with van der Waals surface area (Å²) in [5, 5.41) is 10.8. The second-order valence-electron chi connectivity index (χ2n) is 13.0. The molecule has 7 atom stereocenters. The van der Waals surface area contributed by atoms with Crippen LogP contribution in [-0.4, -0.2) is 11.2 Å². The van der Waals surface area contributed by atoms with E-state index < -0.39 is 0 Å². The summed E-state index contributed by atoms with van der Waals surface area (Å²) in [6.07, 6.45) is 15.3. The molecule has 0 amide bonds. The van der Waals surface area contributed by atoms with Crippen molar-refractivity contribution in [1.82, 2.24) is 0 Å². The Bertz CT molecular complexity index is 723.